The average Bonchev–Trinajstić information content (AvgIpc) is 2.67. The SMILES string of the molecule is CC(C)CC(NC(=O)C(CC(C)C)NC(=O)C(NC(=O)C(N)CCC(=O)O)C(C)O)C(=O)O. The molecule has 33 heavy (non-hydrogen) atoms. The number of aliphatic hydroxyl groups is 1. The number of nitrogens with one attached hydrogen (secondary N) is 3. The zero-order chi connectivity index (χ0) is 25.9. The third-order valence-corrected chi connectivity index (χ3v) is 4.73. The van der Waals surface area contributed by atoms with Gasteiger partial charge in [0.2, 0.25) is 17.7 Å². The normalized spacial score (nSPS) is 15.8. The largest absolute Gasteiger partial charge is 0.481 e. The standard InChI is InChI=1S/C21H38N4O8/c1-10(2)8-14(19(30)24-15(21(32)33)9-11(3)4)23-20(31)17(12(5)26)25-18(29)13(22)6-7-16(27)28/h10-15,17,26H,6-9,22H2,1-5H3,(H,23,31)(H,24,30)(H,25,29)(H,27,28)(H,32,33). The van der Waals surface area contributed by atoms with Crippen molar-refractivity contribution in [2.45, 2.75) is 90.6 Å². The second-order valence-corrected chi connectivity index (χ2v) is 8.99. The van der Waals surface area contributed by atoms with Crippen LogP contribution in [-0.4, -0.2) is 75.3 Å². The van der Waals surface area contributed by atoms with Gasteiger partial charge in [0.15, 0.2) is 0 Å². The Labute approximate surface area is 193 Å². The Morgan fingerprint density at radius 1 is 0.758 bits per heavy atom. The fourth-order valence-electron chi connectivity index (χ4n) is 3.01. The number of hydrogen-bond acceptors (Lipinski definition) is 7. The van der Waals surface area contributed by atoms with E-state index in [1.54, 1.807) is 0 Å². The van der Waals surface area contributed by atoms with Gasteiger partial charge in [0.05, 0.1) is 12.1 Å². The molecule has 0 aliphatic heterocycles. The molecule has 3 amide bonds. The first-order chi connectivity index (χ1) is 15.1. The predicted octanol–water partition coefficient (Wildman–Crippen LogP) is -0.809. The molecule has 0 spiro atoms. The van der Waals surface area contributed by atoms with Crippen LogP contribution in [0.4, 0.5) is 0 Å². The maximum Gasteiger partial charge on any atom is 0.326 e. The molecular weight excluding hydrogens is 436 g/mol. The molecule has 8 N–H and O–H groups in total. The summed E-state index contributed by atoms with van der Waals surface area (Å²) in [6, 6.07) is -4.91. The van der Waals surface area contributed by atoms with Crippen molar-refractivity contribution in [3.8, 4) is 0 Å². The van der Waals surface area contributed by atoms with E-state index in [4.69, 9.17) is 10.8 Å². The van der Waals surface area contributed by atoms with Gasteiger partial charge in [-0.3, -0.25) is 19.2 Å². The van der Waals surface area contributed by atoms with Crippen molar-refractivity contribution in [3.63, 3.8) is 0 Å². The molecule has 0 aromatic rings. The molecule has 5 unspecified atom stereocenters. The zero-order valence-corrected chi connectivity index (χ0v) is 19.8. The molecule has 12 nitrogen and oxygen atoms in total. The van der Waals surface area contributed by atoms with Gasteiger partial charge in [-0.1, -0.05) is 27.7 Å². The fourth-order valence-corrected chi connectivity index (χ4v) is 3.01. The summed E-state index contributed by atoms with van der Waals surface area (Å²) in [5, 5.41) is 35.3. The Balaban J connectivity index is 5.40. The van der Waals surface area contributed by atoms with Gasteiger partial charge in [-0.2, -0.15) is 0 Å². The summed E-state index contributed by atoms with van der Waals surface area (Å²) in [6.45, 7) is 8.50. The maximum absolute atomic E-state index is 12.8. The summed E-state index contributed by atoms with van der Waals surface area (Å²) < 4.78 is 0. The highest BCUT2D eigenvalue weighted by atomic mass is 16.4. The summed E-state index contributed by atoms with van der Waals surface area (Å²) in [6.07, 6.45) is -1.48. The van der Waals surface area contributed by atoms with E-state index in [-0.39, 0.29) is 37.5 Å². The van der Waals surface area contributed by atoms with Crippen molar-refractivity contribution in [2.75, 3.05) is 0 Å². The molecule has 0 aromatic heterocycles. The van der Waals surface area contributed by atoms with Gasteiger partial charge >= 0.3 is 11.9 Å². The van der Waals surface area contributed by atoms with Crippen molar-refractivity contribution >= 4 is 29.7 Å². The van der Waals surface area contributed by atoms with Crippen LogP contribution in [0.1, 0.15) is 60.3 Å². The van der Waals surface area contributed by atoms with Crippen LogP contribution in [0.2, 0.25) is 0 Å². The van der Waals surface area contributed by atoms with Crippen molar-refractivity contribution < 1.29 is 39.3 Å². The molecule has 5 atom stereocenters. The van der Waals surface area contributed by atoms with Gasteiger partial charge < -0.3 is 37.0 Å². The van der Waals surface area contributed by atoms with E-state index >= 15 is 0 Å². The van der Waals surface area contributed by atoms with Crippen LogP contribution >= 0.6 is 0 Å². The molecule has 0 aromatic carbocycles. The molecule has 0 bridgehead atoms. The topological polar surface area (TPSA) is 208 Å². The number of hydrogen-bond donors (Lipinski definition) is 7. The van der Waals surface area contributed by atoms with Crippen LogP contribution in [0, 0.1) is 11.8 Å². The Kier molecular flexibility index (Phi) is 13.2. The van der Waals surface area contributed by atoms with Crippen LogP contribution < -0.4 is 21.7 Å². The predicted molar refractivity (Wildman–Crippen MR) is 119 cm³/mol. The van der Waals surface area contributed by atoms with Crippen LogP contribution in [0.15, 0.2) is 0 Å². The van der Waals surface area contributed by atoms with E-state index in [9.17, 15) is 34.2 Å². The third kappa shape index (κ3) is 12.2. The van der Waals surface area contributed by atoms with Crippen LogP contribution in [0.5, 0.6) is 0 Å². The smallest absolute Gasteiger partial charge is 0.326 e. The van der Waals surface area contributed by atoms with Gasteiger partial charge in [-0.05, 0) is 38.0 Å². The lowest BCUT2D eigenvalue weighted by Gasteiger charge is -2.27. The summed E-state index contributed by atoms with van der Waals surface area (Å²) >= 11 is 0. The molecule has 0 aliphatic rings. The van der Waals surface area contributed by atoms with E-state index < -0.39 is 59.9 Å². The first-order valence-electron chi connectivity index (χ1n) is 10.9. The molecule has 0 fully saturated rings. The average molecular weight is 475 g/mol. The fraction of sp³-hybridized carbons (Fsp3) is 0.762. The minimum absolute atomic E-state index is 0.00436. The van der Waals surface area contributed by atoms with Gasteiger partial charge in [0.25, 0.3) is 0 Å². The second-order valence-electron chi connectivity index (χ2n) is 8.99. The minimum Gasteiger partial charge on any atom is -0.481 e. The first kappa shape index (κ1) is 30.3. The summed E-state index contributed by atoms with van der Waals surface area (Å²) in [5.74, 6) is -4.76. The molecule has 0 aliphatic carbocycles. The monoisotopic (exact) mass is 474 g/mol. The number of nitrogens with two attached hydrogens (primary N) is 1. The molecule has 0 heterocycles. The van der Waals surface area contributed by atoms with E-state index in [1.165, 1.54) is 6.92 Å². The molecular formula is C21H38N4O8. The van der Waals surface area contributed by atoms with Gasteiger partial charge in [-0.15, -0.1) is 0 Å². The van der Waals surface area contributed by atoms with Crippen molar-refractivity contribution in [1.82, 2.24) is 16.0 Å². The lowest BCUT2D eigenvalue weighted by molar-refractivity contribution is -0.143. The molecule has 190 valence electrons. The zero-order valence-electron chi connectivity index (χ0n) is 19.8. The molecule has 12 heteroatoms. The Hall–Kier alpha value is -2.73. The highest BCUT2D eigenvalue weighted by Crippen LogP contribution is 2.10. The third-order valence-electron chi connectivity index (χ3n) is 4.73. The van der Waals surface area contributed by atoms with Gasteiger partial charge in [-0.25, -0.2) is 4.79 Å². The summed E-state index contributed by atoms with van der Waals surface area (Å²) in [7, 11) is 0. The molecule has 0 rings (SSSR count). The number of carboxylic acid groups (broad SMARTS) is 2. The number of rotatable bonds is 15. The highest BCUT2D eigenvalue weighted by molar-refractivity contribution is 5.94. The van der Waals surface area contributed by atoms with E-state index in [0.717, 1.165) is 0 Å². The Morgan fingerprint density at radius 3 is 1.67 bits per heavy atom. The molecule has 0 saturated heterocycles. The van der Waals surface area contributed by atoms with E-state index in [1.807, 2.05) is 27.7 Å². The van der Waals surface area contributed by atoms with Gasteiger partial charge in [0, 0.05) is 6.42 Å². The van der Waals surface area contributed by atoms with Crippen molar-refractivity contribution in [1.29, 1.82) is 0 Å². The van der Waals surface area contributed by atoms with Crippen LogP contribution in [0.25, 0.3) is 0 Å². The van der Waals surface area contributed by atoms with E-state index in [2.05, 4.69) is 16.0 Å². The summed E-state index contributed by atoms with van der Waals surface area (Å²) in [4.78, 5) is 59.9. The summed E-state index contributed by atoms with van der Waals surface area (Å²) in [5.41, 5.74) is 5.64. The number of carbonyl (C=O) groups excluding carboxylic acids is 3. The number of carbonyl (C=O) groups is 5. The number of amides is 3. The number of aliphatic hydroxyl groups excluding tert-OH is 1. The molecule has 0 radical (unpaired) electrons. The van der Waals surface area contributed by atoms with Gasteiger partial charge in [0.1, 0.15) is 18.1 Å². The van der Waals surface area contributed by atoms with Crippen LogP contribution in [0.3, 0.4) is 0 Å². The highest BCUT2D eigenvalue weighted by Gasteiger charge is 2.32. The Morgan fingerprint density at radius 2 is 1.24 bits per heavy atom. The second kappa shape index (κ2) is 14.4. The molecule has 0 saturated carbocycles. The quantitative estimate of drug-likeness (QED) is 0.158. The van der Waals surface area contributed by atoms with E-state index in [0.29, 0.717) is 0 Å². The number of aliphatic carboxylic acids is 2. The van der Waals surface area contributed by atoms with Crippen molar-refractivity contribution in [3.05, 3.63) is 0 Å². The van der Waals surface area contributed by atoms with Crippen LogP contribution in [-0.2, 0) is 24.0 Å². The maximum atomic E-state index is 12.8. The van der Waals surface area contributed by atoms with Crippen molar-refractivity contribution in [2.24, 2.45) is 17.6 Å². The first-order valence-corrected chi connectivity index (χ1v) is 10.9. The lowest BCUT2D eigenvalue weighted by Crippen LogP contribution is -2.60. The minimum atomic E-state index is -1.46. The lowest BCUT2D eigenvalue weighted by atomic mass is 10.00. The number of carboxylic acids is 2. The Bertz CT molecular complexity index is 696.